The number of hydrogen-bond acceptors (Lipinski definition) is 3. The maximum atomic E-state index is 12.4. The Morgan fingerprint density at radius 1 is 1.16 bits per heavy atom. The van der Waals surface area contributed by atoms with E-state index in [2.05, 4.69) is 17.1 Å². The molecule has 0 aromatic heterocycles. The third-order valence-corrected chi connectivity index (χ3v) is 5.99. The third-order valence-electron chi connectivity index (χ3n) is 5.99. The summed E-state index contributed by atoms with van der Waals surface area (Å²) in [4.78, 5) is 16.9. The molecule has 1 aromatic carbocycles. The lowest BCUT2D eigenvalue weighted by molar-refractivity contribution is -0.135. The smallest absolute Gasteiger partial charge is 0.260 e. The summed E-state index contributed by atoms with van der Waals surface area (Å²) in [6.07, 6.45) is 7.58. The third kappa shape index (κ3) is 3.90. The molecule has 3 aliphatic rings. The molecule has 1 heterocycles. The van der Waals surface area contributed by atoms with Crippen molar-refractivity contribution in [3.63, 3.8) is 0 Å². The van der Waals surface area contributed by atoms with Crippen molar-refractivity contribution >= 4 is 5.91 Å². The van der Waals surface area contributed by atoms with E-state index in [9.17, 15) is 4.79 Å². The molecule has 4 rings (SSSR count). The molecule has 3 atom stereocenters. The van der Waals surface area contributed by atoms with Gasteiger partial charge in [-0.1, -0.05) is 24.3 Å². The number of carbonyl (C=O) groups excluding carboxylic acids is 1. The summed E-state index contributed by atoms with van der Waals surface area (Å²) in [6.45, 7) is 7.01. The van der Waals surface area contributed by atoms with Crippen LogP contribution in [0.1, 0.15) is 18.4 Å². The summed E-state index contributed by atoms with van der Waals surface area (Å²) in [5, 5.41) is 0. The van der Waals surface area contributed by atoms with Crippen LogP contribution in [0.4, 0.5) is 0 Å². The number of piperazine rings is 1. The Morgan fingerprint density at radius 2 is 2.00 bits per heavy atom. The minimum Gasteiger partial charge on any atom is -0.484 e. The second kappa shape index (κ2) is 7.20. The fourth-order valence-electron chi connectivity index (χ4n) is 4.56. The maximum Gasteiger partial charge on any atom is 0.260 e. The fourth-order valence-corrected chi connectivity index (χ4v) is 4.56. The van der Waals surface area contributed by atoms with Crippen LogP contribution < -0.4 is 4.74 Å². The van der Waals surface area contributed by atoms with Crippen LogP contribution >= 0.6 is 0 Å². The lowest BCUT2D eigenvalue weighted by Crippen LogP contribution is -2.51. The molecule has 4 heteroatoms. The van der Waals surface area contributed by atoms with Gasteiger partial charge in [0.1, 0.15) is 5.75 Å². The highest BCUT2D eigenvalue weighted by Crippen LogP contribution is 2.43. The van der Waals surface area contributed by atoms with E-state index in [1.54, 1.807) is 0 Å². The Balaban J connectivity index is 1.20. The predicted molar refractivity (Wildman–Crippen MR) is 98.5 cm³/mol. The number of nitrogens with zero attached hydrogens (tertiary/aromatic N) is 2. The van der Waals surface area contributed by atoms with Gasteiger partial charge >= 0.3 is 0 Å². The maximum absolute atomic E-state index is 12.4. The lowest BCUT2D eigenvalue weighted by Gasteiger charge is -2.36. The highest BCUT2D eigenvalue weighted by Gasteiger charge is 2.36. The molecular weight excluding hydrogens is 312 g/mol. The van der Waals surface area contributed by atoms with Gasteiger partial charge in [0.25, 0.3) is 5.91 Å². The molecule has 4 nitrogen and oxygen atoms in total. The van der Waals surface area contributed by atoms with Gasteiger partial charge in [-0.05, 0) is 55.2 Å². The first-order valence-corrected chi connectivity index (χ1v) is 9.55. The molecule has 134 valence electrons. The van der Waals surface area contributed by atoms with Crippen molar-refractivity contribution in [1.29, 1.82) is 0 Å². The van der Waals surface area contributed by atoms with Crippen molar-refractivity contribution in [2.45, 2.75) is 19.8 Å². The number of hydrogen-bond donors (Lipinski definition) is 0. The minimum atomic E-state index is 0.101. The van der Waals surface area contributed by atoms with Gasteiger partial charge in [-0.2, -0.15) is 0 Å². The average Bonchev–Trinajstić information content (AvgIpc) is 3.23. The first-order chi connectivity index (χ1) is 12.2. The Kier molecular flexibility index (Phi) is 4.80. The van der Waals surface area contributed by atoms with Gasteiger partial charge in [0.15, 0.2) is 6.61 Å². The van der Waals surface area contributed by atoms with E-state index < -0.39 is 0 Å². The lowest BCUT2D eigenvalue weighted by atomic mass is 9.93. The summed E-state index contributed by atoms with van der Waals surface area (Å²) in [5.74, 6) is 3.37. The van der Waals surface area contributed by atoms with Gasteiger partial charge in [0.05, 0.1) is 0 Å². The van der Waals surface area contributed by atoms with Crippen LogP contribution in [0, 0.1) is 24.7 Å². The Bertz CT molecular complexity index is 649. The molecule has 1 amide bonds. The monoisotopic (exact) mass is 340 g/mol. The average molecular weight is 340 g/mol. The summed E-state index contributed by atoms with van der Waals surface area (Å²) < 4.78 is 5.66. The van der Waals surface area contributed by atoms with Crippen molar-refractivity contribution in [2.75, 3.05) is 39.3 Å². The van der Waals surface area contributed by atoms with Crippen LogP contribution in [-0.2, 0) is 4.79 Å². The molecular formula is C21H28N2O2. The van der Waals surface area contributed by atoms with Gasteiger partial charge < -0.3 is 9.64 Å². The normalized spacial score (nSPS) is 28.5. The molecule has 0 N–H and O–H groups in total. The van der Waals surface area contributed by atoms with Gasteiger partial charge in [0, 0.05) is 32.7 Å². The van der Waals surface area contributed by atoms with Crippen LogP contribution in [0.25, 0.3) is 0 Å². The first kappa shape index (κ1) is 16.6. The van der Waals surface area contributed by atoms with Crippen molar-refractivity contribution in [1.82, 2.24) is 9.80 Å². The summed E-state index contributed by atoms with van der Waals surface area (Å²) in [6, 6.07) is 7.86. The van der Waals surface area contributed by atoms with Crippen molar-refractivity contribution in [2.24, 2.45) is 17.8 Å². The zero-order chi connectivity index (χ0) is 17.2. The van der Waals surface area contributed by atoms with Gasteiger partial charge in [-0.25, -0.2) is 0 Å². The molecule has 2 aliphatic carbocycles. The highest BCUT2D eigenvalue weighted by molar-refractivity contribution is 5.77. The van der Waals surface area contributed by atoms with E-state index in [1.165, 1.54) is 19.4 Å². The number of fused-ring (bicyclic) bond motifs is 2. The number of benzene rings is 1. The van der Waals surface area contributed by atoms with Crippen LogP contribution in [0.15, 0.2) is 36.4 Å². The Labute approximate surface area is 150 Å². The second-order valence-electron chi connectivity index (χ2n) is 7.83. The largest absolute Gasteiger partial charge is 0.484 e. The highest BCUT2D eigenvalue weighted by atomic mass is 16.5. The standard InChI is InChI=1S/C21H28N2O2/c1-16-3-2-4-20(11-16)25-15-21(24)23-9-7-22(8-10-23)14-19-13-17-5-6-18(19)12-17/h2-6,11,17-19H,7-10,12-15H2,1H3/t17-,18+,19+/m1/s1. The molecule has 0 radical (unpaired) electrons. The van der Waals surface area contributed by atoms with E-state index >= 15 is 0 Å². The first-order valence-electron chi connectivity index (χ1n) is 9.55. The van der Waals surface area contributed by atoms with E-state index in [4.69, 9.17) is 4.74 Å². The zero-order valence-corrected chi connectivity index (χ0v) is 15.1. The molecule has 1 aliphatic heterocycles. The molecule has 0 spiro atoms. The Morgan fingerprint density at radius 3 is 2.68 bits per heavy atom. The second-order valence-corrected chi connectivity index (χ2v) is 7.83. The zero-order valence-electron chi connectivity index (χ0n) is 15.1. The van der Waals surface area contributed by atoms with Crippen molar-refractivity contribution in [3.8, 4) is 5.75 Å². The number of amides is 1. The summed E-state index contributed by atoms with van der Waals surface area (Å²) >= 11 is 0. The number of aryl methyl sites for hydroxylation is 1. The topological polar surface area (TPSA) is 32.8 Å². The summed E-state index contributed by atoms with van der Waals surface area (Å²) in [5.41, 5.74) is 1.15. The fraction of sp³-hybridized carbons (Fsp3) is 0.571. The molecule has 2 bridgehead atoms. The Hall–Kier alpha value is -1.81. The molecule has 25 heavy (non-hydrogen) atoms. The molecule has 1 saturated heterocycles. The number of allylic oxidation sites excluding steroid dienone is 2. The molecule has 1 saturated carbocycles. The van der Waals surface area contributed by atoms with Crippen LogP contribution in [-0.4, -0.2) is 55.0 Å². The predicted octanol–water partition coefficient (Wildman–Crippen LogP) is 2.73. The van der Waals surface area contributed by atoms with E-state index in [0.717, 1.165) is 55.2 Å². The van der Waals surface area contributed by atoms with Crippen molar-refractivity contribution < 1.29 is 9.53 Å². The van der Waals surface area contributed by atoms with Crippen molar-refractivity contribution in [3.05, 3.63) is 42.0 Å². The quantitative estimate of drug-likeness (QED) is 0.773. The van der Waals surface area contributed by atoms with Crippen LogP contribution in [0.3, 0.4) is 0 Å². The molecule has 1 aromatic rings. The van der Waals surface area contributed by atoms with Gasteiger partial charge in [-0.15, -0.1) is 0 Å². The minimum absolute atomic E-state index is 0.101. The van der Waals surface area contributed by atoms with E-state index in [-0.39, 0.29) is 12.5 Å². The van der Waals surface area contributed by atoms with Gasteiger partial charge in [0.2, 0.25) is 0 Å². The van der Waals surface area contributed by atoms with E-state index in [0.29, 0.717) is 0 Å². The molecule has 2 fully saturated rings. The number of rotatable bonds is 5. The SMILES string of the molecule is Cc1cccc(OCC(=O)N2CCN(C[C@@H]3C[C@@H]4C=C[C@H]3C4)CC2)c1. The number of carbonyl (C=O) groups is 1. The van der Waals surface area contributed by atoms with Crippen LogP contribution in [0.2, 0.25) is 0 Å². The van der Waals surface area contributed by atoms with Crippen LogP contribution in [0.5, 0.6) is 5.75 Å². The summed E-state index contributed by atoms with van der Waals surface area (Å²) in [7, 11) is 0. The van der Waals surface area contributed by atoms with E-state index in [1.807, 2.05) is 36.1 Å². The number of ether oxygens (including phenoxy) is 1. The van der Waals surface area contributed by atoms with Gasteiger partial charge in [-0.3, -0.25) is 9.69 Å². The molecule has 0 unspecified atom stereocenters.